The first-order chi connectivity index (χ1) is 14.8. The zero-order valence-corrected chi connectivity index (χ0v) is 17.0. The lowest BCUT2D eigenvalue weighted by Gasteiger charge is -2.12. The fourth-order valence-electron chi connectivity index (χ4n) is 4.50. The Kier molecular flexibility index (Phi) is 3.90. The summed E-state index contributed by atoms with van der Waals surface area (Å²) >= 11 is 6.62. The fourth-order valence-corrected chi connectivity index (χ4v) is 4.73. The molecule has 0 fully saturated rings. The van der Waals surface area contributed by atoms with E-state index in [1.165, 1.54) is 32.6 Å². The molecule has 1 aromatic heterocycles. The molecule has 0 spiro atoms. The molecular weight excluding hydrogens is 386 g/mol. The zero-order chi connectivity index (χ0) is 20.1. The average Bonchev–Trinajstić information content (AvgIpc) is 3.14. The number of hydrogen-bond donors (Lipinski definition) is 0. The van der Waals surface area contributed by atoms with Crippen LogP contribution in [0.2, 0.25) is 5.02 Å². The highest BCUT2D eigenvalue weighted by atomic mass is 35.5. The Morgan fingerprint density at radius 2 is 1.27 bits per heavy atom. The smallest absolute Gasteiger partial charge is 0.0619 e. The maximum atomic E-state index is 6.62. The van der Waals surface area contributed by atoms with E-state index in [0.29, 0.717) is 0 Å². The third-order valence-electron chi connectivity index (χ3n) is 5.81. The third-order valence-corrected chi connectivity index (χ3v) is 6.03. The largest absolute Gasteiger partial charge is 0.309 e. The Labute approximate surface area is 179 Å². The van der Waals surface area contributed by atoms with Crippen LogP contribution in [0.25, 0.3) is 49.4 Å². The van der Waals surface area contributed by atoms with Crippen molar-refractivity contribution in [2.45, 2.75) is 0 Å². The Balaban J connectivity index is 1.76. The van der Waals surface area contributed by atoms with Crippen molar-refractivity contribution in [1.82, 2.24) is 4.57 Å². The van der Waals surface area contributed by atoms with Crippen molar-refractivity contribution in [2.24, 2.45) is 0 Å². The van der Waals surface area contributed by atoms with Crippen LogP contribution in [0.15, 0.2) is 109 Å². The lowest BCUT2D eigenvalue weighted by molar-refractivity contribution is 1.19. The molecule has 0 unspecified atom stereocenters. The molecule has 0 aliphatic heterocycles. The normalized spacial score (nSPS) is 11.5. The van der Waals surface area contributed by atoms with Gasteiger partial charge in [-0.3, -0.25) is 0 Å². The van der Waals surface area contributed by atoms with Crippen LogP contribution in [0.4, 0.5) is 0 Å². The van der Waals surface area contributed by atoms with Crippen LogP contribution in [0.1, 0.15) is 0 Å². The Bertz CT molecular complexity index is 1540. The first-order valence-corrected chi connectivity index (χ1v) is 10.4. The second-order valence-corrected chi connectivity index (χ2v) is 8.04. The lowest BCUT2D eigenvalue weighted by atomic mass is 10.0. The Hall–Kier alpha value is -3.55. The van der Waals surface area contributed by atoms with Crippen molar-refractivity contribution in [3.05, 3.63) is 114 Å². The number of halogens is 1. The van der Waals surface area contributed by atoms with E-state index < -0.39 is 0 Å². The summed E-state index contributed by atoms with van der Waals surface area (Å²) in [5.41, 5.74) is 5.75. The minimum absolute atomic E-state index is 0.734. The monoisotopic (exact) mass is 403 g/mol. The van der Waals surface area contributed by atoms with Crippen LogP contribution >= 0.6 is 11.6 Å². The van der Waals surface area contributed by atoms with Crippen LogP contribution < -0.4 is 0 Å². The number of hydrogen-bond acceptors (Lipinski definition) is 0. The van der Waals surface area contributed by atoms with E-state index in [-0.39, 0.29) is 0 Å². The molecule has 0 atom stereocenters. The van der Waals surface area contributed by atoms with E-state index in [1.807, 2.05) is 12.1 Å². The van der Waals surface area contributed by atoms with Crippen molar-refractivity contribution in [2.75, 3.05) is 0 Å². The van der Waals surface area contributed by atoms with Gasteiger partial charge in [0.2, 0.25) is 0 Å². The number of para-hydroxylation sites is 1. The van der Waals surface area contributed by atoms with Gasteiger partial charge in [-0.1, -0.05) is 96.5 Å². The number of aromatic nitrogens is 1. The van der Waals surface area contributed by atoms with Crippen molar-refractivity contribution < 1.29 is 0 Å². The second-order valence-electron chi connectivity index (χ2n) is 7.60. The number of fused-ring (bicyclic) bond motifs is 5. The minimum Gasteiger partial charge on any atom is -0.309 e. The Morgan fingerprint density at radius 3 is 2.13 bits per heavy atom. The maximum Gasteiger partial charge on any atom is 0.0619 e. The Morgan fingerprint density at radius 1 is 0.533 bits per heavy atom. The number of nitrogens with zero attached hydrogens (tertiary/aromatic N) is 1. The molecule has 0 radical (unpaired) electrons. The predicted octanol–water partition coefficient (Wildman–Crippen LogP) is 8.26. The molecular formula is C28H18ClN. The molecule has 30 heavy (non-hydrogen) atoms. The molecule has 0 bridgehead atoms. The molecule has 0 saturated heterocycles. The van der Waals surface area contributed by atoms with Crippen LogP contribution in [0.5, 0.6) is 0 Å². The molecule has 1 heterocycles. The lowest BCUT2D eigenvalue weighted by Crippen LogP contribution is -1.95. The molecule has 0 aliphatic rings. The van der Waals surface area contributed by atoms with Crippen LogP contribution in [0, 0.1) is 0 Å². The van der Waals surface area contributed by atoms with Gasteiger partial charge in [-0.2, -0.15) is 0 Å². The van der Waals surface area contributed by atoms with Gasteiger partial charge in [0.25, 0.3) is 0 Å². The molecule has 6 rings (SSSR count). The third kappa shape index (κ3) is 2.63. The summed E-state index contributed by atoms with van der Waals surface area (Å²) in [6.07, 6.45) is 0. The van der Waals surface area contributed by atoms with Crippen molar-refractivity contribution in [3.63, 3.8) is 0 Å². The maximum absolute atomic E-state index is 6.62. The molecule has 142 valence electrons. The summed E-state index contributed by atoms with van der Waals surface area (Å²) < 4.78 is 2.35. The van der Waals surface area contributed by atoms with Gasteiger partial charge in [-0.25, -0.2) is 0 Å². The van der Waals surface area contributed by atoms with E-state index in [0.717, 1.165) is 21.8 Å². The molecule has 2 heteroatoms. The van der Waals surface area contributed by atoms with Crippen molar-refractivity contribution >= 4 is 44.2 Å². The highest BCUT2D eigenvalue weighted by molar-refractivity contribution is 6.31. The first-order valence-electron chi connectivity index (χ1n) is 10.1. The van der Waals surface area contributed by atoms with Crippen LogP contribution in [-0.4, -0.2) is 4.57 Å². The van der Waals surface area contributed by atoms with E-state index in [4.69, 9.17) is 11.6 Å². The molecule has 0 N–H and O–H groups in total. The van der Waals surface area contributed by atoms with Crippen LogP contribution in [-0.2, 0) is 0 Å². The van der Waals surface area contributed by atoms with Gasteiger partial charge in [-0.05, 0) is 40.8 Å². The predicted molar refractivity (Wildman–Crippen MR) is 129 cm³/mol. The highest BCUT2D eigenvalue weighted by Crippen LogP contribution is 2.38. The second kappa shape index (κ2) is 6.76. The molecule has 0 amide bonds. The van der Waals surface area contributed by atoms with Crippen molar-refractivity contribution in [3.8, 4) is 16.8 Å². The van der Waals surface area contributed by atoms with Gasteiger partial charge < -0.3 is 4.57 Å². The topological polar surface area (TPSA) is 4.93 Å². The van der Waals surface area contributed by atoms with E-state index in [9.17, 15) is 0 Å². The highest BCUT2D eigenvalue weighted by Gasteiger charge is 2.15. The standard InChI is InChI=1S/C28H18ClN/c29-22-16-21(19-8-2-1-3-9-19)17-23(18-22)30-27-13-7-6-12-25(27)26-15-14-20-10-4-5-11-24(20)28(26)30/h1-18H. The van der Waals surface area contributed by atoms with Gasteiger partial charge in [0.15, 0.2) is 0 Å². The molecule has 0 aliphatic carbocycles. The van der Waals surface area contributed by atoms with Gasteiger partial charge in [0.05, 0.1) is 11.0 Å². The summed E-state index contributed by atoms with van der Waals surface area (Å²) in [5, 5.41) is 5.72. The summed E-state index contributed by atoms with van der Waals surface area (Å²) in [7, 11) is 0. The molecule has 6 aromatic rings. The average molecular weight is 404 g/mol. The first kappa shape index (κ1) is 17.3. The molecule has 0 saturated carbocycles. The van der Waals surface area contributed by atoms with Gasteiger partial charge in [0.1, 0.15) is 0 Å². The molecule has 5 aromatic carbocycles. The zero-order valence-electron chi connectivity index (χ0n) is 16.2. The van der Waals surface area contributed by atoms with E-state index in [1.54, 1.807) is 0 Å². The summed E-state index contributed by atoms with van der Waals surface area (Å²) in [4.78, 5) is 0. The van der Waals surface area contributed by atoms with E-state index >= 15 is 0 Å². The minimum atomic E-state index is 0.734. The number of rotatable bonds is 2. The molecule has 1 nitrogen and oxygen atoms in total. The van der Waals surface area contributed by atoms with Crippen molar-refractivity contribution in [1.29, 1.82) is 0 Å². The fraction of sp³-hybridized carbons (Fsp3) is 0. The summed E-state index contributed by atoms with van der Waals surface area (Å²) in [6, 6.07) is 38.3. The van der Waals surface area contributed by atoms with Crippen LogP contribution in [0.3, 0.4) is 0 Å². The number of benzene rings is 5. The van der Waals surface area contributed by atoms with E-state index in [2.05, 4.69) is 102 Å². The summed E-state index contributed by atoms with van der Waals surface area (Å²) in [5.74, 6) is 0. The SMILES string of the molecule is Clc1cc(-c2ccccc2)cc(-n2c3ccccc3c3ccc4ccccc4c32)c1. The van der Waals surface area contributed by atoms with Gasteiger partial charge in [0, 0.05) is 26.9 Å². The van der Waals surface area contributed by atoms with Gasteiger partial charge >= 0.3 is 0 Å². The quantitative estimate of drug-likeness (QED) is 0.274. The summed E-state index contributed by atoms with van der Waals surface area (Å²) in [6.45, 7) is 0. The van der Waals surface area contributed by atoms with Gasteiger partial charge in [-0.15, -0.1) is 0 Å².